The zero-order valence-electron chi connectivity index (χ0n) is 15.1. The lowest BCUT2D eigenvalue weighted by molar-refractivity contribution is -0.0240. The van der Waals surface area contributed by atoms with Crippen LogP contribution in [0.25, 0.3) is 0 Å². The number of nitrogen functional groups attached to an aromatic ring is 1. The molecule has 0 radical (unpaired) electrons. The van der Waals surface area contributed by atoms with E-state index in [0.717, 1.165) is 0 Å². The van der Waals surface area contributed by atoms with E-state index in [9.17, 15) is 9.90 Å². The van der Waals surface area contributed by atoms with Gasteiger partial charge < -0.3 is 25.2 Å². The van der Waals surface area contributed by atoms with E-state index in [2.05, 4.69) is 4.98 Å². The Bertz CT molecular complexity index is 827. The van der Waals surface area contributed by atoms with Crippen LogP contribution < -0.4 is 15.2 Å². The molecule has 1 amide bonds. The number of rotatable bonds is 4. The van der Waals surface area contributed by atoms with Gasteiger partial charge in [-0.25, -0.2) is 4.98 Å². The first kappa shape index (κ1) is 18.1. The van der Waals surface area contributed by atoms with Crippen molar-refractivity contribution in [2.45, 2.75) is 25.0 Å². The number of fused-ring (bicyclic) bond motifs is 1. The van der Waals surface area contributed by atoms with E-state index in [4.69, 9.17) is 15.2 Å². The number of aliphatic hydroxyl groups excluding tert-OH is 1. The fourth-order valence-corrected chi connectivity index (χ4v) is 4.65. The molecule has 1 aliphatic carbocycles. The first-order valence-electron chi connectivity index (χ1n) is 9.03. The van der Waals surface area contributed by atoms with E-state index < -0.39 is 6.10 Å². The molecule has 144 valence electrons. The molecule has 2 fully saturated rings. The number of aliphatic hydroxyl groups is 1. The third-order valence-corrected chi connectivity index (χ3v) is 6.13. The summed E-state index contributed by atoms with van der Waals surface area (Å²) in [5, 5.41) is 12.7. The van der Waals surface area contributed by atoms with Gasteiger partial charge in [0.05, 0.1) is 13.2 Å². The van der Waals surface area contributed by atoms with Crippen molar-refractivity contribution in [3.8, 4) is 11.5 Å². The van der Waals surface area contributed by atoms with Crippen molar-refractivity contribution >= 4 is 22.4 Å². The quantitative estimate of drug-likeness (QED) is 0.830. The van der Waals surface area contributed by atoms with Crippen molar-refractivity contribution in [2.24, 2.45) is 11.8 Å². The number of benzene rings is 1. The maximum Gasteiger partial charge on any atom is 0.273 e. The summed E-state index contributed by atoms with van der Waals surface area (Å²) in [6, 6.07) is 7.44. The van der Waals surface area contributed by atoms with Gasteiger partial charge in [-0.05, 0) is 36.8 Å². The van der Waals surface area contributed by atoms with Crippen LogP contribution in [0.4, 0.5) is 5.13 Å². The van der Waals surface area contributed by atoms with Crippen LogP contribution in [0.2, 0.25) is 0 Å². The number of thiazole rings is 1. The molecule has 27 heavy (non-hydrogen) atoms. The fraction of sp³-hybridized carbons (Fsp3) is 0.474. The van der Waals surface area contributed by atoms with Crippen molar-refractivity contribution in [1.82, 2.24) is 9.88 Å². The van der Waals surface area contributed by atoms with Crippen LogP contribution in [0.5, 0.6) is 11.5 Å². The number of carbonyl (C=O) groups excluding carboxylic acids is 1. The van der Waals surface area contributed by atoms with Gasteiger partial charge in [-0.3, -0.25) is 4.79 Å². The fourth-order valence-electron chi connectivity index (χ4n) is 4.11. The van der Waals surface area contributed by atoms with Crippen LogP contribution in [0, 0.1) is 11.8 Å². The topological polar surface area (TPSA) is 97.9 Å². The van der Waals surface area contributed by atoms with Gasteiger partial charge in [0.2, 0.25) is 0 Å². The molecule has 4 atom stereocenters. The molecule has 2 aromatic rings. The smallest absolute Gasteiger partial charge is 0.273 e. The molecule has 7 nitrogen and oxygen atoms in total. The summed E-state index contributed by atoms with van der Waals surface area (Å²) in [5.41, 5.74) is 6.04. The number of hydrogen-bond acceptors (Lipinski definition) is 7. The summed E-state index contributed by atoms with van der Waals surface area (Å²) in [6.07, 6.45) is 0.439. The number of hydrogen-bond donors (Lipinski definition) is 2. The number of amides is 1. The van der Waals surface area contributed by atoms with Gasteiger partial charge in [-0.15, -0.1) is 11.3 Å². The van der Waals surface area contributed by atoms with Gasteiger partial charge >= 0.3 is 0 Å². The van der Waals surface area contributed by atoms with Gasteiger partial charge in [0.25, 0.3) is 5.91 Å². The Kier molecular flexibility index (Phi) is 4.92. The Morgan fingerprint density at radius 3 is 2.63 bits per heavy atom. The van der Waals surface area contributed by atoms with Crippen LogP contribution in [-0.2, 0) is 0 Å². The second-order valence-corrected chi connectivity index (χ2v) is 8.04. The normalized spacial score (nSPS) is 27.3. The molecule has 0 bridgehead atoms. The molecule has 0 unspecified atom stereocenters. The first-order valence-corrected chi connectivity index (χ1v) is 9.91. The summed E-state index contributed by atoms with van der Waals surface area (Å²) in [4.78, 5) is 18.6. The highest BCUT2D eigenvalue weighted by Crippen LogP contribution is 2.39. The van der Waals surface area contributed by atoms with Gasteiger partial charge in [0.1, 0.15) is 11.8 Å². The van der Waals surface area contributed by atoms with Crippen LogP contribution in [-0.4, -0.2) is 53.3 Å². The SMILES string of the molecule is COc1ccccc1O[C@@H]1C[C@@H]2CN(C(=O)c3csc(N)n3)C[C@@H]2C[C@H]1O. The Hall–Kier alpha value is -2.32. The number of aromatic nitrogens is 1. The van der Waals surface area contributed by atoms with Crippen molar-refractivity contribution in [3.63, 3.8) is 0 Å². The average molecular weight is 389 g/mol. The second-order valence-electron chi connectivity index (χ2n) is 7.15. The van der Waals surface area contributed by atoms with E-state index in [1.165, 1.54) is 11.3 Å². The molecule has 8 heteroatoms. The minimum Gasteiger partial charge on any atom is -0.493 e. The highest BCUT2D eigenvalue weighted by Gasteiger charge is 2.44. The Morgan fingerprint density at radius 1 is 1.26 bits per heavy atom. The Labute approximate surface area is 161 Å². The second kappa shape index (κ2) is 7.36. The van der Waals surface area contributed by atoms with Crippen LogP contribution >= 0.6 is 11.3 Å². The molecule has 4 rings (SSSR count). The summed E-state index contributed by atoms with van der Waals surface area (Å²) < 4.78 is 11.4. The third kappa shape index (κ3) is 3.59. The van der Waals surface area contributed by atoms with Crippen LogP contribution in [0.3, 0.4) is 0 Å². The predicted octanol–water partition coefficient (Wildman–Crippen LogP) is 2.02. The number of nitrogens with two attached hydrogens (primary N) is 1. The maximum absolute atomic E-state index is 12.6. The lowest BCUT2D eigenvalue weighted by Crippen LogP contribution is -2.42. The standard InChI is InChI=1S/C19H23N3O4S/c1-25-15-4-2-3-5-16(15)26-17-7-12-9-22(8-11(12)6-14(17)23)18(24)13-10-27-19(20)21-13/h2-5,10-12,14,17,23H,6-9H2,1H3,(H2,20,21)/t11-,12+,14+,17+/m0/s1. The van der Waals surface area contributed by atoms with E-state index in [0.29, 0.717) is 54.2 Å². The van der Waals surface area contributed by atoms with Gasteiger partial charge in [-0.1, -0.05) is 12.1 Å². The highest BCUT2D eigenvalue weighted by molar-refractivity contribution is 7.13. The Balaban J connectivity index is 1.43. The van der Waals surface area contributed by atoms with Crippen LogP contribution in [0.15, 0.2) is 29.6 Å². The lowest BCUT2D eigenvalue weighted by atomic mass is 9.78. The van der Waals surface area contributed by atoms with Gasteiger partial charge in [-0.2, -0.15) is 0 Å². The molecule has 3 N–H and O–H groups in total. The van der Waals surface area contributed by atoms with Crippen LogP contribution in [0.1, 0.15) is 23.3 Å². The summed E-state index contributed by atoms with van der Waals surface area (Å²) >= 11 is 1.27. The van der Waals surface area contributed by atoms with E-state index >= 15 is 0 Å². The number of para-hydroxylation sites is 2. The number of nitrogens with zero attached hydrogens (tertiary/aromatic N) is 2. The summed E-state index contributed by atoms with van der Waals surface area (Å²) in [7, 11) is 1.60. The molecule has 1 aromatic carbocycles. The van der Waals surface area contributed by atoms with Crippen molar-refractivity contribution in [3.05, 3.63) is 35.3 Å². The minimum absolute atomic E-state index is 0.0889. The Morgan fingerprint density at radius 2 is 1.96 bits per heavy atom. The molecule has 1 aromatic heterocycles. The number of carbonyl (C=O) groups is 1. The monoisotopic (exact) mass is 389 g/mol. The average Bonchev–Trinajstić information content (AvgIpc) is 3.28. The molecular weight excluding hydrogens is 366 g/mol. The van der Waals surface area contributed by atoms with Crippen molar-refractivity contribution in [1.29, 1.82) is 0 Å². The lowest BCUT2D eigenvalue weighted by Gasteiger charge is -2.35. The predicted molar refractivity (Wildman–Crippen MR) is 102 cm³/mol. The molecule has 0 spiro atoms. The van der Waals surface area contributed by atoms with Crippen molar-refractivity contribution < 1.29 is 19.4 Å². The summed E-state index contributed by atoms with van der Waals surface area (Å²) in [5.74, 6) is 1.77. The third-order valence-electron chi connectivity index (χ3n) is 5.46. The number of methoxy groups -OCH3 is 1. The zero-order valence-corrected chi connectivity index (χ0v) is 15.9. The first-order chi connectivity index (χ1) is 13.0. The number of likely N-dealkylation sites (tertiary alicyclic amines) is 1. The zero-order chi connectivity index (χ0) is 19.0. The van der Waals surface area contributed by atoms with Gasteiger partial charge in [0, 0.05) is 18.5 Å². The number of ether oxygens (including phenoxy) is 2. The molecule has 1 saturated carbocycles. The molecular formula is C19H23N3O4S. The molecule has 1 saturated heterocycles. The molecule has 1 aliphatic heterocycles. The highest BCUT2D eigenvalue weighted by atomic mass is 32.1. The minimum atomic E-state index is -0.568. The summed E-state index contributed by atoms with van der Waals surface area (Å²) in [6.45, 7) is 1.29. The van der Waals surface area contributed by atoms with Crippen molar-refractivity contribution in [2.75, 3.05) is 25.9 Å². The van der Waals surface area contributed by atoms with E-state index in [1.54, 1.807) is 12.5 Å². The largest absolute Gasteiger partial charge is 0.493 e. The molecule has 2 heterocycles. The van der Waals surface area contributed by atoms with E-state index in [-0.39, 0.29) is 17.9 Å². The van der Waals surface area contributed by atoms with Gasteiger partial charge in [0.15, 0.2) is 16.6 Å². The molecule has 2 aliphatic rings. The maximum atomic E-state index is 12.6. The number of anilines is 1. The van der Waals surface area contributed by atoms with E-state index in [1.807, 2.05) is 29.2 Å².